The van der Waals surface area contributed by atoms with Gasteiger partial charge in [0.15, 0.2) is 0 Å². The van der Waals surface area contributed by atoms with Gasteiger partial charge in [0.25, 0.3) is 0 Å². The van der Waals surface area contributed by atoms with Crippen LogP contribution in [0.2, 0.25) is 0 Å². The highest BCUT2D eigenvalue weighted by molar-refractivity contribution is 5.30. The molecule has 3 nitrogen and oxygen atoms in total. The zero-order valence-corrected chi connectivity index (χ0v) is 16.0. The normalized spacial score (nSPS) is 29.1. The van der Waals surface area contributed by atoms with E-state index in [1.807, 2.05) is 18.2 Å². The Bertz CT molecular complexity index is 780. The number of hydrogen-bond donors (Lipinski definition) is 1. The lowest BCUT2D eigenvalue weighted by Crippen LogP contribution is -2.43. The number of halogens is 1. The Labute approximate surface area is 161 Å². The van der Waals surface area contributed by atoms with E-state index in [1.54, 1.807) is 6.20 Å². The van der Waals surface area contributed by atoms with Crippen LogP contribution in [0.4, 0.5) is 4.39 Å². The third-order valence-electron chi connectivity index (χ3n) is 6.35. The summed E-state index contributed by atoms with van der Waals surface area (Å²) in [6.45, 7) is 4.37. The summed E-state index contributed by atoms with van der Waals surface area (Å²) in [7, 11) is 0. The van der Waals surface area contributed by atoms with Crippen molar-refractivity contribution in [2.75, 3.05) is 19.6 Å². The number of hydrogen-bond acceptors (Lipinski definition) is 3. The second-order valence-electron chi connectivity index (χ2n) is 8.23. The maximum Gasteiger partial charge on any atom is 0.120 e. The van der Waals surface area contributed by atoms with E-state index in [-0.39, 0.29) is 5.92 Å². The van der Waals surface area contributed by atoms with E-state index in [4.69, 9.17) is 0 Å². The average Bonchev–Trinajstić information content (AvgIpc) is 2.82. The zero-order valence-electron chi connectivity index (χ0n) is 16.0. The molecule has 0 radical (unpaired) electrons. The number of aliphatic hydroxyl groups is 1. The van der Waals surface area contributed by atoms with Crippen molar-refractivity contribution in [3.05, 3.63) is 65.0 Å². The lowest BCUT2D eigenvalue weighted by atomic mass is 9.85. The van der Waals surface area contributed by atoms with Crippen LogP contribution in [0.15, 0.2) is 42.6 Å². The van der Waals surface area contributed by atoms with Gasteiger partial charge in [0.2, 0.25) is 0 Å². The van der Waals surface area contributed by atoms with Crippen molar-refractivity contribution in [2.24, 2.45) is 5.92 Å². The monoisotopic (exact) mass is 368 g/mol. The van der Waals surface area contributed by atoms with Crippen LogP contribution >= 0.6 is 0 Å². The van der Waals surface area contributed by atoms with E-state index in [0.717, 1.165) is 55.6 Å². The fraction of sp³-hybridized carbons (Fsp3) is 0.522. The number of piperidine rings is 1. The third-order valence-corrected chi connectivity index (χ3v) is 6.35. The van der Waals surface area contributed by atoms with Gasteiger partial charge in [-0.05, 0) is 67.8 Å². The van der Waals surface area contributed by atoms with Crippen LogP contribution < -0.4 is 0 Å². The predicted octanol–water partition coefficient (Wildman–Crippen LogP) is 4.20. The third kappa shape index (κ3) is 4.07. The molecule has 1 aromatic heterocycles. The first kappa shape index (κ1) is 18.6. The topological polar surface area (TPSA) is 36.4 Å². The lowest BCUT2D eigenvalue weighted by Gasteiger charge is -2.37. The highest BCUT2D eigenvalue weighted by Gasteiger charge is 2.33. The molecule has 2 aliphatic rings. The molecule has 27 heavy (non-hydrogen) atoms. The molecule has 1 aliphatic heterocycles. The highest BCUT2D eigenvalue weighted by Crippen LogP contribution is 2.35. The number of pyridine rings is 1. The first-order valence-corrected chi connectivity index (χ1v) is 10.2. The van der Waals surface area contributed by atoms with Crippen LogP contribution in [0.1, 0.15) is 53.7 Å². The van der Waals surface area contributed by atoms with Crippen molar-refractivity contribution in [1.29, 1.82) is 0 Å². The maximum atomic E-state index is 15.0. The van der Waals surface area contributed by atoms with Crippen LogP contribution in [0.5, 0.6) is 0 Å². The van der Waals surface area contributed by atoms with Crippen LogP contribution in [-0.2, 0) is 6.42 Å². The van der Waals surface area contributed by atoms with Gasteiger partial charge in [0, 0.05) is 25.2 Å². The number of fused-ring (bicyclic) bond motifs is 1. The van der Waals surface area contributed by atoms with Gasteiger partial charge < -0.3 is 10.0 Å². The van der Waals surface area contributed by atoms with Crippen LogP contribution in [0.25, 0.3) is 0 Å². The number of aryl methyl sites for hydroxylation is 2. The first-order chi connectivity index (χ1) is 13.1. The molecule has 4 rings (SSSR count). The van der Waals surface area contributed by atoms with Crippen LogP contribution in [-0.4, -0.2) is 40.8 Å². The Morgan fingerprint density at radius 3 is 2.85 bits per heavy atom. The van der Waals surface area contributed by atoms with Gasteiger partial charge >= 0.3 is 0 Å². The summed E-state index contributed by atoms with van der Waals surface area (Å²) >= 11 is 0. The second kappa shape index (κ2) is 8.07. The van der Waals surface area contributed by atoms with Gasteiger partial charge in [-0.25, -0.2) is 4.39 Å². The molecule has 4 atom stereocenters. The standard InChI is InChI=1S/C23H29FN2O/c1-16-5-2-3-7-19(16)20-10-12-26(15-21(20)24)14-17-8-9-18-6-4-11-25-23(18)22(27)13-17/h2-7,11,17,20-22,27H,8-10,12-15H2,1H3/t17-,20-,21+,22+/m1/s1. The Kier molecular flexibility index (Phi) is 5.55. The minimum absolute atomic E-state index is 0.00984. The Morgan fingerprint density at radius 2 is 2.04 bits per heavy atom. The van der Waals surface area contributed by atoms with Crippen LogP contribution in [0.3, 0.4) is 0 Å². The molecule has 0 saturated carbocycles. The molecule has 1 N–H and O–H groups in total. The molecule has 1 aliphatic carbocycles. The van der Waals surface area contributed by atoms with Crippen molar-refractivity contribution in [3.8, 4) is 0 Å². The van der Waals surface area contributed by atoms with E-state index in [9.17, 15) is 9.50 Å². The fourth-order valence-electron chi connectivity index (χ4n) is 4.88. The number of benzene rings is 1. The number of aromatic nitrogens is 1. The van der Waals surface area contributed by atoms with Crippen molar-refractivity contribution in [2.45, 2.75) is 50.8 Å². The molecule has 2 aromatic rings. The fourth-order valence-corrected chi connectivity index (χ4v) is 4.88. The highest BCUT2D eigenvalue weighted by atomic mass is 19.1. The van der Waals surface area contributed by atoms with E-state index in [2.05, 4.69) is 35.0 Å². The van der Waals surface area contributed by atoms with Gasteiger partial charge in [-0.2, -0.15) is 0 Å². The Balaban J connectivity index is 1.37. The smallest absolute Gasteiger partial charge is 0.120 e. The number of alkyl halides is 1. The van der Waals surface area contributed by atoms with Crippen LogP contribution in [0, 0.1) is 12.8 Å². The minimum atomic E-state index is -0.825. The van der Waals surface area contributed by atoms with Gasteiger partial charge in [0.1, 0.15) is 6.17 Å². The number of nitrogens with zero attached hydrogens (tertiary/aromatic N) is 2. The quantitative estimate of drug-likeness (QED) is 0.825. The number of likely N-dealkylation sites (tertiary alicyclic amines) is 1. The van der Waals surface area contributed by atoms with Crippen molar-refractivity contribution < 1.29 is 9.50 Å². The molecule has 0 bridgehead atoms. The molecule has 1 fully saturated rings. The lowest BCUT2D eigenvalue weighted by molar-refractivity contribution is 0.0827. The Hall–Kier alpha value is -1.78. The molecule has 2 heterocycles. The van der Waals surface area contributed by atoms with Crippen molar-refractivity contribution >= 4 is 0 Å². The summed E-state index contributed by atoms with van der Waals surface area (Å²) in [4.78, 5) is 6.65. The van der Waals surface area contributed by atoms with Gasteiger partial charge in [-0.3, -0.25) is 4.98 Å². The minimum Gasteiger partial charge on any atom is -0.387 e. The summed E-state index contributed by atoms with van der Waals surface area (Å²) < 4.78 is 15.0. The number of rotatable bonds is 3. The van der Waals surface area contributed by atoms with E-state index in [0.29, 0.717) is 12.5 Å². The van der Waals surface area contributed by atoms with Gasteiger partial charge in [-0.15, -0.1) is 0 Å². The van der Waals surface area contributed by atoms with E-state index < -0.39 is 12.3 Å². The molecule has 1 aromatic carbocycles. The average molecular weight is 368 g/mol. The molecular weight excluding hydrogens is 339 g/mol. The summed E-state index contributed by atoms with van der Waals surface area (Å²) in [5.74, 6) is 0.395. The second-order valence-corrected chi connectivity index (χ2v) is 8.23. The SMILES string of the molecule is Cc1ccccc1[C@H]1CCN(C[C@@H]2CCc3cccnc3[C@@H](O)C2)C[C@@H]1F. The molecule has 1 saturated heterocycles. The molecular formula is C23H29FN2O. The van der Waals surface area contributed by atoms with Crippen molar-refractivity contribution in [1.82, 2.24) is 9.88 Å². The predicted molar refractivity (Wildman–Crippen MR) is 105 cm³/mol. The largest absolute Gasteiger partial charge is 0.387 e. The maximum absolute atomic E-state index is 15.0. The summed E-state index contributed by atoms with van der Waals surface area (Å²) in [5.41, 5.74) is 4.35. The van der Waals surface area contributed by atoms with Gasteiger partial charge in [0.05, 0.1) is 11.8 Å². The van der Waals surface area contributed by atoms with Crippen molar-refractivity contribution in [3.63, 3.8) is 0 Å². The summed E-state index contributed by atoms with van der Waals surface area (Å²) in [6.07, 6.45) is 4.00. The summed E-state index contributed by atoms with van der Waals surface area (Å²) in [5, 5.41) is 10.6. The van der Waals surface area contributed by atoms with E-state index in [1.165, 1.54) is 5.56 Å². The van der Waals surface area contributed by atoms with E-state index >= 15 is 0 Å². The zero-order chi connectivity index (χ0) is 18.8. The molecule has 0 spiro atoms. The molecule has 0 amide bonds. The molecule has 144 valence electrons. The molecule has 4 heteroatoms. The Morgan fingerprint density at radius 1 is 1.19 bits per heavy atom. The van der Waals surface area contributed by atoms with Gasteiger partial charge in [-0.1, -0.05) is 30.3 Å². The first-order valence-electron chi connectivity index (χ1n) is 10.2. The summed E-state index contributed by atoms with van der Waals surface area (Å²) in [6, 6.07) is 12.2. The molecule has 0 unspecified atom stereocenters. The number of aliphatic hydroxyl groups excluding tert-OH is 1.